The van der Waals surface area contributed by atoms with Crippen LogP contribution in [0.25, 0.3) is 0 Å². The highest BCUT2D eigenvalue weighted by atomic mass is 14.6. The molecule has 1 fully saturated rings. The van der Waals surface area contributed by atoms with Crippen LogP contribution in [-0.4, -0.2) is 0 Å². The molecule has 0 saturated heterocycles. The second-order valence-corrected chi connectivity index (χ2v) is 22.0. The molecule has 0 aromatic heterocycles. The number of allylic oxidation sites excluding steroid dienone is 1. The van der Waals surface area contributed by atoms with E-state index in [1.807, 2.05) is 0 Å². The Labute approximate surface area is 344 Å². The molecule has 0 heteroatoms. The van der Waals surface area contributed by atoms with Crippen molar-refractivity contribution < 1.29 is 0 Å². The molecule has 0 aromatic rings. The number of rotatable bonds is 23. The van der Waals surface area contributed by atoms with E-state index in [0.717, 1.165) is 29.6 Å². The van der Waals surface area contributed by atoms with Crippen LogP contribution in [0, 0.1) is 87.3 Å². The van der Waals surface area contributed by atoms with Crippen molar-refractivity contribution in [2.45, 2.75) is 240 Å². The molecule has 0 spiro atoms. The monoisotopic (exact) mass is 753 g/mol. The van der Waals surface area contributed by atoms with Crippen LogP contribution in [-0.2, 0) is 0 Å². The zero-order chi connectivity index (χ0) is 41.3. The van der Waals surface area contributed by atoms with E-state index < -0.39 is 0 Å². The lowest BCUT2D eigenvalue weighted by Gasteiger charge is -2.61. The summed E-state index contributed by atoms with van der Waals surface area (Å²) in [5.41, 5.74) is 4.71. The molecule has 1 rings (SSSR count). The van der Waals surface area contributed by atoms with Crippen molar-refractivity contribution in [2.75, 3.05) is 0 Å². The third-order valence-corrected chi connectivity index (χ3v) is 16.7. The molecule has 0 bridgehead atoms. The molecule has 0 N–H and O–H groups in total. The first-order valence-electron chi connectivity index (χ1n) is 24.7. The first-order chi connectivity index (χ1) is 25.3. The van der Waals surface area contributed by atoms with Gasteiger partial charge in [-0.25, -0.2) is 0 Å². The SMILES string of the molecule is CC=C=CC1CC(C)(C)C(C)C(C(C)CC)CC(CCCCC)CCC(C(C)C)C1C(C(C)(CCC)C(C)C)C(CCCCCC)(CCC(C)C)C(C)C. The molecule has 0 aliphatic heterocycles. The molecular weight excluding hydrogens is 649 g/mol. The fourth-order valence-electron chi connectivity index (χ4n) is 12.4. The summed E-state index contributed by atoms with van der Waals surface area (Å²) in [5, 5.41) is 0. The Morgan fingerprint density at radius 2 is 1.37 bits per heavy atom. The minimum atomic E-state index is 0.256. The van der Waals surface area contributed by atoms with Gasteiger partial charge in [0.15, 0.2) is 0 Å². The standard InChI is InChI=1S/C54H104/c1-19-24-27-29-36-54(43(12)13,37-34-40(6)7)51(53(18,35-22-4)42(10)11)50-47(31-26-21-3)39-52(16,17)45(15)49(44(14)23-5)38-46(30-28-25-20-2)32-33-48(50)41(8)9/h21,31,40-51H,19-20,22-25,27-30,32-39H2,1-18H3. The topological polar surface area (TPSA) is 0 Å². The average molecular weight is 753 g/mol. The van der Waals surface area contributed by atoms with Crippen LogP contribution in [0.1, 0.15) is 240 Å². The van der Waals surface area contributed by atoms with E-state index in [1.54, 1.807) is 0 Å². The third kappa shape index (κ3) is 14.4. The zero-order valence-electron chi connectivity index (χ0n) is 40.8. The number of hydrogen-bond acceptors (Lipinski definition) is 0. The van der Waals surface area contributed by atoms with Crippen LogP contribution in [0.5, 0.6) is 0 Å². The maximum absolute atomic E-state index is 3.86. The molecule has 10 atom stereocenters. The summed E-state index contributed by atoms with van der Waals surface area (Å²) in [5.74, 6) is 8.45. The highest BCUT2D eigenvalue weighted by Crippen LogP contribution is 2.64. The zero-order valence-corrected chi connectivity index (χ0v) is 40.8. The molecule has 1 aliphatic carbocycles. The molecular formula is C54H104. The Balaban J connectivity index is 4.52. The van der Waals surface area contributed by atoms with Crippen LogP contribution in [0.2, 0.25) is 0 Å². The van der Waals surface area contributed by atoms with Gasteiger partial charge in [-0.15, -0.1) is 5.73 Å². The van der Waals surface area contributed by atoms with Crippen molar-refractivity contribution in [2.24, 2.45) is 87.3 Å². The summed E-state index contributed by atoms with van der Waals surface area (Å²) in [6.45, 7) is 46.4. The summed E-state index contributed by atoms with van der Waals surface area (Å²) < 4.78 is 0. The molecule has 0 nitrogen and oxygen atoms in total. The Kier molecular flexibility index (Phi) is 24.0. The largest absolute Gasteiger partial charge is 0.130 e. The first kappa shape index (κ1) is 51.5. The lowest BCUT2D eigenvalue weighted by atomic mass is 9.44. The second kappa shape index (κ2) is 25.1. The van der Waals surface area contributed by atoms with Gasteiger partial charge in [-0.3, -0.25) is 0 Å². The summed E-state index contributed by atoms with van der Waals surface area (Å²) in [4.78, 5) is 0. The van der Waals surface area contributed by atoms with Gasteiger partial charge in [0.2, 0.25) is 0 Å². The summed E-state index contributed by atoms with van der Waals surface area (Å²) in [6.07, 6.45) is 29.7. The first-order valence-corrected chi connectivity index (χ1v) is 24.7. The number of unbranched alkanes of at least 4 members (excludes halogenated alkanes) is 5. The third-order valence-electron chi connectivity index (χ3n) is 16.7. The fraction of sp³-hybridized carbons (Fsp3) is 0.944. The smallest absolute Gasteiger partial charge is 0.0118 e. The van der Waals surface area contributed by atoms with E-state index in [0.29, 0.717) is 46.8 Å². The van der Waals surface area contributed by atoms with Gasteiger partial charge in [0.1, 0.15) is 0 Å². The van der Waals surface area contributed by atoms with E-state index >= 15 is 0 Å². The summed E-state index contributed by atoms with van der Waals surface area (Å²) in [6, 6.07) is 0. The predicted octanol–water partition coefficient (Wildman–Crippen LogP) is 18.4. The van der Waals surface area contributed by atoms with Crippen LogP contribution >= 0.6 is 0 Å². The van der Waals surface area contributed by atoms with E-state index in [4.69, 9.17) is 0 Å². The van der Waals surface area contributed by atoms with Crippen LogP contribution < -0.4 is 0 Å². The maximum Gasteiger partial charge on any atom is -0.0118 e. The molecule has 0 radical (unpaired) electrons. The van der Waals surface area contributed by atoms with Gasteiger partial charge in [-0.1, -0.05) is 195 Å². The van der Waals surface area contributed by atoms with Crippen molar-refractivity contribution in [1.82, 2.24) is 0 Å². The van der Waals surface area contributed by atoms with Gasteiger partial charge in [-0.05, 0) is 145 Å². The fourth-order valence-corrected chi connectivity index (χ4v) is 12.4. The van der Waals surface area contributed by atoms with Gasteiger partial charge in [-0.2, -0.15) is 0 Å². The van der Waals surface area contributed by atoms with Crippen LogP contribution in [0.4, 0.5) is 0 Å². The normalized spacial score (nSPS) is 27.6. The molecule has 0 heterocycles. The second-order valence-electron chi connectivity index (χ2n) is 22.0. The molecule has 0 aromatic carbocycles. The van der Waals surface area contributed by atoms with Crippen molar-refractivity contribution in [3.63, 3.8) is 0 Å². The lowest BCUT2D eigenvalue weighted by molar-refractivity contribution is -0.121. The van der Waals surface area contributed by atoms with Gasteiger partial charge < -0.3 is 0 Å². The molecule has 1 saturated carbocycles. The lowest BCUT2D eigenvalue weighted by Crippen LogP contribution is -2.54. The van der Waals surface area contributed by atoms with Gasteiger partial charge >= 0.3 is 0 Å². The van der Waals surface area contributed by atoms with E-state index in [9.17, 15) is 0 Å². The molecule has 54 heavy (non-hydrogen) atoms. The van der Waals surface area contributed by atoms with Crippen molar-refractivity contribution in [3.8, 4) is 0 Å². The molecule has 10 unspecified atom stereocenters. The molecule has 1 aliphatic rings. The predicted molar refractivity (Wildman–Crippen MR) is 247 cm³/mol. The van der Waals surface area contributed by atoms with Crippen molar-refractivity contribution in [1.29, 1.82) is 0 Å². The highest BCUT2D eigenvalue weighted by molar-refractivity contribution is 5.08. The van der Waals surface area contributed by atoms with Gasteiger partial charge in [0.25, 0.3) is 0 Å². The van der Waals surface area contributed by atoms with E-state index in [-0.39, 0.29) is 10.8 Å². The van der Waals surface area contributed by atoms with Crippen molar-refractivity contribution in [3.05, 3.63) is 17.9 Å². The van der Waals surface area contributed by atoms with Crippen molar-refractivity contribution >= 4 is 0 Å². The molecule has 0 amide bonds. The van der Waals surface area contributed by atoms with Gasteiger partial charge in [0, 0.05) is 0 Å². The maximum atomic E-state index is 3.86. The Morgan fingerprint density at radius 1 is 0.741 bits per heavy atom. The molecule has 320 valence electrons. The Morgan fingerprint density at radius 3 is 1.87 bits per heavy atom. The quantitative estimate of drug-likeness (QED) is 0.0720. The minimum absolute atomic E-state index is 0.256. The van der Waals surface area contributed by atoms with Gasteiger partial charge in [0.05, 0.1) is 0 Å². The van der Waals surface area contributed by atoms with Crippen LogP contribution in [0.15, 0.2) is 17.9 Å². The average Bonchev–Trinajstić information content (AvgIpc) is 3.11. The highest BCUT2D eigenvalue weighted by Gasteiger charge is 2.57. The summed E-state index contributed by atoms with van der Waals surface area (Å²) >= 11 is 0. The Bertz CT molecular complexity index is 1020. The minimum Gasteiger partial charge on any atom is -0.130 e. The van der Waals surface area contributed by atoms with Crippen LogP contribution in [0.3, 0.4) is 0 Å². The van der Waals surface area contributed by atoms with E-state index in [1.165, 1.54) is 116 Å². The summed E-state index contributed by atoms with van der Waals surface area (Å²) in [7, 11) is 0. The number of hydrogen-bond donors (Lipinski definition) is 0. The van der Waals surface area contributed by atoms with E-state index in [2.05, 4.69) is 143 Å². The Hall–Kier alpha value is -0.480.